The fourth-order valence-corrected chi connectivity index (χ4v) is 4.15. The molecule has 0 spiro atoms. The van der Waals surface area contributed by atoms with Crippen molar-refractivity contribution in [2.24, 2.45) is 16.1 Å². The SMILES string of the molecule is O=C1N=NC=C(N2Cc3cccc(OCCN4CCCCC4)c3C2)C1C(F)(F)F. The third-order valence-corrected chi connectivity index (χ3v) is 5.64. The molecule has 0 saturated carbocycles. The van der Waals surface area contributed by atoms with Gasteiger partial charge < -0.3 is 9.64 Å². The lowest BCUT2D eigenvalue weighted by Crippen LogP contribution is -2.38. The monoisotopic (exact) mass is 408 g/mol. The van der Waals surface area contributed by atoms with E-state index in [1.54, 1.807) is 0 Å². The van der Waals surface area contributed by atoms with Crippen LogP contribution in [0.15, 0.2) is 40.3 Å². The number of fused-ring (bicyclic) bond motifs is 1. The molecule has 1 aromatic rings. The molecule has 6 nitrogen and oxygen atoms in total. The van der Waals surface area contributed by atoms with E-state index < -0.39 is 18.0 Å². The van der Waals surface area contributed by atoms with Gasteiger partial charge in [0.1, 0.15) is 12.4 Å². The summed E-state index contributed by atoms with van der Waals surface area (Å²) in [5, 5.41) is 6.55. The van der Waals surface area contributed by atoms with Crippen molar-refractivity contribution in [1.29, 1.82) is 0 Å². The first-order chi connectivity index (χ1) is 13.9. The predicted molar refractivity (Wildman–Crippen MR) is 99.0 cm³/mol. The number of halogens is 3. The average molecular weight is 408 g/mol. The van der Waals surface area contributed by atoms with Gasteiger partial charge in [0.2, 0.25) is 0 Å². The molecule has 0 aliphatic carbocycles. The van der Waals surface area contributed by atoms with Crippen LogP contribution in [0.5, 0.6) is 5.75 Å². The van der Waals surface area contributed by atoms with Crippen LogP contribution in [0, 0.1) is 5.92 Å². The minimum Gasteiger partial charge on any atom is -0.492 e. The van der Waals surface area contributed by atoms with Crippen LogP contribution in [-0.4, -0.2) is 48.1 Å². The van der Waals surface area contributed by atoms with Crippen LogP contribution < -0.4 is 4.74 Å². The number of carbonyl (C=O) groups excluding carboxylic acids is 1. The topological polar surface area (TPSA) is 57.5 Å². The Morgan fingerprint density at radius 3 is 2.69 bits per heavy atom. The van der Waals surface area contributed by atoms with Gasteiger partial charge in [-0.1, -0.05) is 18.6 Å². The van der Waals surface area contributed by atoms with Gasteiger partial charge in [-0.2, -0.15) is 18.3 Å². The van der Waals surface area contributed by atoms with Gasteiger partial charge in [0.15, 0.2) is 5.92 Å². The molecule has 29 heavy (non-hydrogen) atoms. The normalized spacial score (nSPS) is 22.6. The van der Waals surface area contributed by atoms with E-state index in [0.717, 1.165) is 37.0 Å². The molecule has 156 valence electrons. The Kier molecular flexibility index (Phi) is 5.58. The summed E-state index contributed by atoms with van der Waals surface area (Å²) in [6, 6.07) is 5.57. The van der Waals surface area contributed by atoms with Gasteiger partial charge in [-0.25, -0.2) is 0 Å². The summed E-state index contributed by atoms with van der Waals surface area (Å²) in [5.74, 6) is -2.85. The number of rotatable bonds is 5. The maximum absolute atomic E-state index is 13.4. The Morgan fingerprint density at radius 2 is 1.93 bits per heavy atom. The maximum atomic E-state index is 13.4. The van der Waals surface area contributed by atoms with Crippen molar-refractivity contribution in [3.63, 3.8) is 0 Å². The molecule has 4 rings (SSSR count). The van der Waals surface area contributed by atoms with Gasteiger partial charge >= 0.3 is 6.18 Å². The molecule has 1 amide bonds. The Hall–Kier alpha value is -2.42. The highest BCUT2D eigenvalue weighted by Gasteiger charge is 2.50. The number of alkyl halides is 3. The van der Waals surface area contributed by atoms with Crippen molar-refractivity contribution in [2.75, 3.05) is 26.2 Å². The third-order valence-electron chi connectivity index (χ3n) is 5.64. The molecular weight excluding hydrogens is 385 g/mol. The molecule has 1 aromatic carbocycles. The first-order valence-corrected chi connectivity index (χ1v) is 9.86. The third kappa shape index (κ3) is 4.29. The average Bonchev–Trinajstić information content (AvgIpc) is 3.13. The van der Waals surface area contributed by atoms with Crippen molar-refractivity contribution < 1.29 is 22.7 Å². The van der Waals surface area contributed by atoms with Gasteiger partial charge in [0, 0.05) is 25.2 Å². The molecule has 1 saturated heterocycles. The Bertz CT molecular complexity index is 832. The van der Waals surface area contributed by atoms with Crippen LogP contribution in [0.2, 0.25) is 0 Å². The number of nitrogens with zero attached hydrogens (tertiary/aromatic N) is 4. The van der Waals surface area contributed by atoms with E-state index in [4.69, 9.17) is 4.74 Å². The fourth-order valence-electron chi connectivity index (χ4n) is 4.15. The van der Waals surface area contributed by atoms with E-state index in [1.165, 1.54) is 24.2 Å². The van der Waals surface area contributed by atoms with E-state index in [-0.39, 0.29) is 18.8 Å². The van der Waals surface area contributed by atoms with Crippen LogP contribution in [0.1, 0.15) is 30.4 Å². The first kappa shape index (κ1) is 19.9. The molecule has 3 aliphatic rings. The number of ether oxygens (including phenoxy) is 1. The second kappa shape index (κ2) is 8.14. The highest BCUT2D eigenvalue weighted by molar-refractivity contribution is 5.83. The van der Waals surface area contributed by atoms with E-state index in [1.807, 2.05) is 18.2 Å². The lowest BCUT2D eigenvalue weighted by atomic mass is 10.0. The van der Waals surface area contributed by atoms with Crippen molar-refractivity contribution in [3.8, 4) is 5.75 Å². The summed E-state index contributed by atoms with van der Waals surface area (Å²) in [6.45, 7) is 4.07. The van der Waals surface area contributed by atoms with Crippen LogP contribution in [0.3, 0.4) is 0 Å². The van der Waals surface area contributed by atoms with Crippen LogP contribution >= 0.6 is 0 Å². The van der Waals surface area contributed by atoms with Crippen molar-refractivity contribution >= 4 is 5.91 Å². The number of hydrogen-bond donors (Lipinski definition) is 0. The van der Waals surface area contributed by atoms with Crippen molar-refractivity contribution in [1.82, 2.24) is 9.80 Å². The molecule has 0 radical (unpaired) electrons. The Balaban J connectivity index is 1.45. The molecule has 1 atom stereocenters. The maximum Gasteiger partial charge on any atom is 0.406 e. The predicted octanol–water partition coefficient (Wildman–Crippen LogP) is 3.88. The highest BCUT2D eigenvalue weighted by atomic mass is 19.4. The van der Waals surface area contributed by atoms with E-state index in [9.17, 15) is 18.0 Å². The summed E-state index contributed by atoms with van der Waals surface area (Å²) in [5.41, 5.74) is 1.60. The van der Waals surface area contributed by atoms with Crippen LogP contribution in [-0.2, 0) is 17.9 Å². The minimum atomic E-state index is -4.70. The van der Waals surface area contributed by atoms with Gasteiger partial charge in [-0.3, -0.25) is 9.69 Å². The number of carbonyl (C=O) groups is 1. The zero-order valence-corrected chi connectivity index (χ0v) is 16.0. The molecule has 9 heteroatoms. The summed E-state index contributed by atoms with van der Waals surface area (Å²) in [6.07, 6.45) is 0.0337. The van der Waals surface area contributed by atoms with Crippen LogP contribution in [0.4, 0.5) is 13.2 Å². The highest BCUT2D eigenvalue weighted by Crippen LogP contribution is 2.41. The van der Waals surface area contributed by atoms with Crippen molar-refractivity contribution in [3.05, 3.63) is 41.2 Å². The number of amides is 1. The van der Waals surface area contributed by atoms with E-state index in [0.29, 0.717) is 12.4 Å². The second-order valence-corrected chi connectivity index (χ2v) is 7.58. The van der Waals surface area contributed by atoms with Gasteiger partial charge in [-0.05, 0) is 37.6 Å². The number of azo groups is 1. The Labute approximate surface area is 167 Å². The standard InChI is InChI=1S/C20H23F3N4O2/c21-20(22,23)18-16(11-24-25-19(18)28)27-12-14-5-4-6-17(15(14)13-27)29-10-9-26-7-2-1-3-8-26/h4-6,11,18H,1-3,7-10,12-13H2. The summed E-state index contributed by atoms with van der Waals surface area (Å²) >= 11 is 0. The van der Waals surface area contributed by atoms with Gasteiger partial charge in [0.25, 0.3) is 5.91 Å². The molecular formula is C20H23F3N4O2. The van der Waals surface area contributed by atoms with Crippen molar-refractivity contribution in [2.45, 2.75) is 38.5 Å². The lowest BCUT2D eigenvalue weighted by Gasteiger charge is -2.29. The molecule has 3 aliphatic heterocycles. The minimum absolute atomic E-state index is 0.159. The van der Waals surface area contributed by atoms with E-state index >= 15 is 0 Å². The van der Waals surface area contributed by atoms with Crippen LogP contribution in [0.25, 0.3) is 0 Å². The number of piperidine rings is 1. The summed E-state index contributed by atoms with van der Waals surface area (Å²) in [7, 11) is 0. The Morgan fingerprint density at radius 1 is 1.14 bits per heavy atom. The zero-order valence-electron chi connectivity index (χ0n) is 16.0. The molecule has 1 fully saturated rings. The number of hydrogen-bond acceptors (Lipinski definition) is 5. The molecule has 0 N–H and O–H groups in total. The number of benzene rings is 1. The molecule has 1 unspecified atom stereocenters. The van der Waals surface area contributed by atoms with Gasteiger partial charge in [0.05, 0.1) is 11.9 Å². The lowest BCUT2D eigenvalue weighted by molar-refractivity contribution is -0.177. The molecule has 0 aromatic heterocycles. The largest absolute Gasteiger partial charge is 0.492 e. The quantitative estimate of drug-likeness (QED) is 0.742. The first-order valence-electron chi connectivity index (χ1n) is 9.86. The second-order valence-electron chi connectivity index (χ2n) is 7.58. The molecule has 3 heterocycles. The molecule has 0 bridgehead atoms. The van der Waals surface area contributed by atoms with Gasteiger partial charge in [-0.15, -0.1) is 5.11 Å². The van der Waals surface area contributed by atoms with E-state index in [2.05, 4.69) is 15.1 Å². The summed E-state index contributed by atoms with van der Waals surface area (Å²) < 4.78 is 46.3. The number of likely N-dealkylation sites (tertiary alicyclic amines) is 1. The zero-order chi connectivity index (χ0) is 20.4. The summed E-state index contributed by atoms with van der Waals surface area (Å²) in [4.78, 5) is 15.7. The fraction of sp³-hybridized carbons (Fsp3) is 0.550. The smallest absolute Gasteiger partial charge is 0.406 e.